The summed E-state index contributed by atoms with van der Waals surface area (Å²) in [7, 11) is 0. The number of carbonyl (C=O) groups excluding carboxylic acids is 1. The highest BCUT2D eigenvalue weighted by atomic mass is 35.5. The first kappa shape index (κ1) is 18.0. The van der Waals surface area contributed by atoms with Crippen molar-refractivity contribution < 1.29 is 9.72 Å². The molecule has 0 aliphatic rings. The van der Waals surface area contributed by atoms with E-state index in [0.29, 0.717) is 16.5 Å². The lowest BCUT2D eigenvalue weighted by Gasteiger charge is -2.07. The molecule has 140 valence electrons. The molecule has 0 saturated heterocycles. The predicted molar refractivity (Wildman–Crippen MR) is 105 cm³/mol. The zero-order valence-corrected chi connectivity index (χ0v) is 15.9. The number of aryl methyl sites for hydroxylation is 1. The molecule has 2 heterocycles. The van der Waals surface area contributed by atoms with Gasteiger partial charge in [0.25, 0.3) is 11.6 Å². The van der Waals surface area contributed by atoms with Crippen LogP contribution in [0.3, 0.4) is 0 Å². The number of rotatable bonds is 4. The summed E-state index contributed by atoms with van der Waals surface area (Å²) in [6.07, 6.45) is 0. The molecule has 1 amide bonds. The van der Waals surface area contributed by atoms with Crippen molar-refractivity contribution in [3.8, 4) is 10.6 Å². The fraction of sp³-hybridized carbons (Fsp3) is 0.0588. The summed E-state index contributed by atoms with van der Waals surface area (Å²) in [6.45, 7) is 1.82. The molecule has 0 aliphatic heterocycles. The molecule has 28 heavy (non-hydrogen) atoms. The van der Waals surface area contributed by atoms with Gasteiger partial charge in [-0.3, -0.25) is 14.9 Å². The molecule has 0 fully saturated rings. The van der Waals surface area contributed by atoms with Crippen molar-refractivity contribution in [1.29, 1.82) is 0 Å². The minimum absolute atomic E-state index is 0.0315. The van der Waals surface area contributed by atoms with E-state index in [4.69, 9.17) is 11.6 Å². The van der Waals surface area contributed by atoms with Crippen molar-refractivity contribution in [2.24, 2.45) is 0 Å². The number of nitrogens with one attached hydrogen (secondary N) is 1. The maximum absolute atomic E-state index is 12.4. The number of amides is 1. The third-order valence-electron chi connectivity index (χ3n) is 3.94. The Labute approximate surface area is 166 Å². The van der Waals surface area contributed by atoms with Crippen LogP contribution in [0.1, 0.15) is 16.2 Å². The second-order valence-electron chi connectivity index (χ2n) is 5.80. The lowest BCUT2D eigenvalue weighted by molar-refractivity contribution is -0.384. The fourth-order valence-electron chi connectivity index (χ4n) is 2.53. The van der Waals surface area contributed by atoms with Gasteiger partial charge in [-0.25, -0.2) is 0 Å². The van der Waals surface area contributed by atoms with Crippen LogP contribution in [-0.2, 0) is 0 Å². The first-order chi connectivity index (χ1) is 13.4. The molecule has 9 nitrogen and oxygen atoms in total. The number of fused-ring (bicyclic) bond motifs is 1. The van der Waals surface area contributed by atoms with Crippen molar-refractivity contribution in [2.45, 2.75) is 6.92 Å². The average Bonchev–Trinajstić information content (AvgIpc) is 3.24. The summed E-state index contributed by atoms with van der Waals surface area (Å²) < 4.78 is 1.67. The highest BCUT2D eigenvalue weighted by Crippen LogP contribution is 2.27. The Bertz CT molecular complexity index is 1220. The topological polar surface area (TPSA) is 115 Å². The summed E-state index contributed by atoms with van der Waals surface area (Å²) in [6, 6.07) is 10.8. The van der Waals surface area contributed by atoms with Gasteiger partial charge in [0, 0.05) is 23.4 Å². The smallest absolute Gasteiger partial charge is 0.270 e. The molecule has 0 aliphatic carbocycles. The van der Waals surface area contributed by atoms with E-state index in [1.807, 2.05) is 19.1 Å². The third-order valence-corrected chi connectivity index (χ3v) is 5.22. The Hall–Kier alpha value is -3.37. The summed E-state index contributed by atoms with van der Waals surface area (Å²) in [5.74, 6) is 0.172. The van der Waals surface area contributed by atoms with Crippen molar-refractivity contribution in [3.63, 3.8) is 0 Å². The summed E-state index contributed by atoms with van der Waals surface area (Å²) in [4.78, 5) is 23.5. The van der Waals surface area contributed by atoms with E-state index in [9.17, 15) is 14.9 Å². The number of halogens is 1. The molecule has 0 atom stereocenters. The molecule has 11 heteroatoms. The van der Waals surface area contributed by atoms with E-state index >= 15 is 0 Å². The number of nitro benzene ring substituents is 1. The van der Waals surface area contributed by atoms with Gasteiger partial charge < -0.3 is 5.32 Å². The van der Waals surface area contributed by atoms with Gasteiger partial charge in [0.2, 0.25) is 4.96 Å². The molecule has 0 unspecified atom stereocenters. The molecule has 0 spiro atoms. The van der Waals surface area contributed by atoms with E-state index in [1.54, 1.807) is 16.6 Å². The number of nitro groups is 1. The Kier molecular flexibility index (Phi) is 4.49. The molecule has 2 aromatic carbocycles. The molecule has 4 aromatic rings. The average molecular weight is 415 g/mol. The van der Waals surface area contributed by atoms with Crippen molar-refractivity contribution in [3.05, 3.63) is 69.0 Å². The number of anilines is 1. The van der Waals surface area contributed by atoms with E-state index in [-0.39, 0.29) is 16.3 Å². The Morgan fingerprint density at radius 1 is 1.21 bits per heavy atom. The molecule has 0 saturated carbocycles. The standard InChI is InChI=1S/C17H11ClN6O3S/c1-9-20-21-17-23(9)22-16(28-17)10-2-4-11(5-3-10)19-15(25)13-8-12(24(26)27)6-7-14(13)18/h2-8H,1H3,(H,19,25). The van der Waals surface area contributed by atoms with Crippen LogP contribution < -0.4 is 5.32 Å². The monoisotopic (exact) mass is 414 g/mol. The number of hydrogen-bond donors (Lipinski definition) is 1. The van der Waals surface area contributed by atoms with Gasteiger partial charge in [-0.15, -0.1) is 10.2 Å². The van der Waals surface area contributed by atoms with Crippen molar-refractivity contribution in [2.75, 3.05) is 5.32 Å². The van der Waals surface area contributed by atoms with Gasteiger partial charge in [0.15, 0.2) is 5.82 Å². The zero-order chi connectivity index (χ0) is 19.8. The molecule has 4 rings (SSSR count). The highest BCUT2D eigenvalue weighted by Gasteiger charge is 2.16. The fourth-order valence-corrected chi connectivity index (χ4v) is 3.62. The number of non-ortho nitro benzene ring substituents is 1. The van der Waals surface area contributed by atoms with Gasteiger partial charge in [0.1, 0.15) is 5.01 Å². The number of hydrogen-bond acceptors (Lipinski definition) is 7. The summed E-state index contributed by atoms with van der Waals surface area (Å²) >= 11 is 7.41. The highest BCUT2D eigenvalue weighted by molar-refractivity contribution is 7.19. The maximum Gasteiger partial charge on any atom is 0.270 e. The minimum atomic E-state index is -0.579. The van der Waals surface area contributed by atoms with Crippen LogP contribution >= 0.6 is 22.9 Å². The number of benzene rings is 2. The van der Waals surface area contributed by atoms with Crippen LogP contribution in [0.25, 0.3) is 15.5 Å². The predicted octanol–water partition coefficient (Wildman–Crippen LogP) is 3.98. The first-order valence-corrected chi connectivity index (χ1v) is 9.16. The second-order valence-corrected chi connectivity index (χ2v) is 7.16. The molecule has 0 bridgehead atoms. The van der Waals surface area contributed by atoms with E-state index < -0.39 is 10.8 Å². The Morgan fingerprint density at radius 3 is 2.64 bits per heavy atom. The minimum Gasteiger partial charge on any atom is -0.322 e. The van der Waals surface area contributed by atoms with Crippen molar-refractivity contribution in [1.82, 2.24) is 19.8 Å². The van der Waals surface area contributed by atoms with Crippen LogP contribution in [0.5, 0.6) is 0 Å². The molecule has 1 N–H and O–H groups in total. The number of carbonyl (C=O) groups is 1. The van der Waals surface area contributed by atoms with Gasteiger partial charge in [-0.1, -0.05) is 22.9 Å². The Morgan fingerprint density at radius 2 is 1.96 bits per heavy atom. The normalized spacial score (nSPS) is 10.9. The van der Waals surface area contributed by atoms with E-state index in [2.05, 4.69) is 20.6 Å². The van der Waals surface area contributed by atoms with Gasteiger partial charge in [-0.05, 0) is 37.3 Å². The lowest BCUT2D eigenvalue weighted by atomic mass is 10.1. The van der Waals surface area contributed by atoms with Gasteiger partial charge in [0.05, 0.1) is 15.5 Å². The maximum atomic E-state index is 12.4. The van der Waals surface area contributed by atoms with Crippen LogP contribution in [0.4, 0.5) is 11.4 Å². The van der Waals surface area contributed by atoms with Crippen LogP contribution in [-0.4, -0.2) is 30.6 Å². The van der Waals surface area contributed by atoms with Gasteiger partial charge in [-0.2, -0.15) is 9.61 Å². The summed E-state index contributed by atoms with van der Waals surface area (Å²) in [5.41, 5.74) is 1.21. The Balaban J connectivity index is 1.55. The van der Waals surface area contributed by atoms with E-state index in [0.717, 1.165) is 16.6 Å². The van der Waals surface area contributed by atoms with Gasteiger partial charge >= 0.3 is 0 Å². The largest absolute Gasteiger partial charge is 0.322 e. The molecule has 0 radical (unpaired) electrons. The molecular formula is C17H11ClN6O3S. The SMILES string of the molecule is Cc1nnc2sc(-c3ccc(NC(=O)c4cc([N+](=O)[O-])ccc4Cl)cc3)nn12. The second kappa shape index (κ2) is 6.98. The van der Waals surface area contributed by atoms with Crippen LogP contribution in [0.2, 0.25) is 5.02 Å². The number of aromatic nitrogens is 4. The van der Waals surface area contributed by atoms with Crippen molar-refractivity contribution >= 4 is 45.2 Å². The molecule has 2 aromatic heterocycles. The van der Waals surface area contributed by atoms with Crippen LogP contribution in [0.15, 0.2) is 42.5 Å². The molecular weight excluding hydrogens is 404 g/mol. The first-order valence-electron chi connectivity index (χ1n) is 7.97. The number of nitrogens with zero attached hydrogens (tertiary/aromatic N) is 5. The summed E-state index contributed by atoms with van der Waals surface area (Å²) in [5, 5.41) is 26.9. The zero-order valence-electron chi connectivity index (χ0n) is 14.3. The third kappa shape index (κ3) is 3.30. The van der Waals surface area contributed by atoms with Crippen LogP contribution in [0, 0.1) is 17.0 Å². The van der Waals surface area contributed by atoms with E-state index in [1.165, 1.54) is 23.5 Å². The quantitative estimate of drug-likeness (QED) is 0.399. The lowest BCUT2D eigenvalue weighted by Crippen LogP contribution is -2.12.